The second-order valence-corrected chi connectivity index (χ2v) is 7.74. The summed E-state index contributed by atoms with van der Waals surface area (Å²) in [6, 6.07) is 8.67. The first-order chi connectivity index (χ1) is 12.7. The maximum atomic E-state index is 12.6. The van der Waals surface area contributed by atoms with Crippen molar-refractivity contribution in [2.75, 3.05) is 28.2 Å². The lowest BCUT2D eigenvalue weighted by molar-refractivity contribution is -0.384. The van der Waals surface area contributed by atoms with Gasteiger partial charge >= 0.3 is 0 Å². The number of nitro groups is 1. The molecule has 0 atom stereocenters. The van der Waals surface area contributed by atoms with Crippen LogP contribution in [-0.2, 0) is 10.0 Å². The Labute approximate surface area is 157 Å². The molecule has 1 amide bonds. The van der Waals surface area contributed by atoms with Crippen LogP contribution in [0, 0.1) is 17.0 Å². The average Bonchev–Trinajstić information content (AvgIpc) is 2.63. The number of nitro benzene ring substituents is 1. The number of hydrogen-bond acceptors (Lipinski definition) is 6. The second kappa shape index (κ2) is 8.04. The lowest BCUT2D eigenvalue weighted by Gasteiger charge is -2.13. The summed E-state index contributed by atoms with van der Waals surface area (Å²) in [6.07, 6.45) is 0. The van der Waals surface area contributed by atoms with E-state index in [1.165, 1.54) is 25.1 Å². The zero-order valence-electron chi connectivity index (χ0n) is 15.1. The van der Waals surface area contributed by atoms with E-state index in [4.69, 9.17) is 0 Å². The largest absolute Gasteiger partial charge is 0.387 e. The summed E-state index contributed by atoms with van der Waals surface area (Å²) in [5, 5.41) is 16.4. The molecule has 0 unspecified atom stereocenters. The standard InChI is InChI=1S/C17H20N4O5S/c1-4-27(25,26)20-15-7-5-12(9-11(15)2)19-17(22)14-10-13(21(23)24)6-8-16(14)18-3/h5-10,18,20H,4H2,1-3H3,(H,19,22). The Balaban J connectivity index is 2.27. The molecular weight excluding hydrogens is 372 g/mol. The number of aryl methyl sites for hydroxylation is 1. The number of anilines is 3. The Morgan fingerprint density at radius 3 is 2.37 bits per heavy atom. The van der Waals surface area contributed by atoms with E-state index in [-0.39, 0.29) is 17.0 Å². The number of amides is 1. The highest BCUT2D eigenvalue weighted by atomic mass is 32.2. The first-order valence-electron chi connectivity index (χ1n) is 8.05. The van der Waals surface area contributed by atoms with Crippen molar-refractivity contribution in [2.45, 2.75) is 13.8 Å². The summed E-state index contributed by atoms with van der Waals surface area (Å²) in [7, 11) is -1.80. The fraction of sp³-hybridized carbons (Fsp3) is 0.235. The Kier molecular flexibility index (Phi) is 6.01. The molecular formula is C17H20N4O5S. The van der Waals surface area contributed by atoms with Gasteiger partial charge in [0.2, 0.25) is 10.0 Å². The molecule has 27 heavy (non-hydrogen) atoms. The van der Waals surface area contributed by atoms with Crippen molar-refractivity contribution in [1.82, 2.24) is 0 Å². The van der Waals surface area contributed by atoms with E-state index >= 15 is 0 Å². The molecule has 10 heteroatoms. The molecule has 0 saturated carbocycles. The van der Waals surface area contributed by atoms with Crippen molar-refractivity contribution in [3.63, 3.8) is 0 Å². The van der Waals surface area contributed by atoms with Gasteiger partial charge in [-0.25, -0.2) is 8.42 Å². The van der Waals surface area contributed by atoms with Crippen LogP contribution >= 0.6 is 0 Å². The number of nitrogens with one attached hydrogen (secondary N) is 3. The Morgan fingerprint density at radius 2 is 1.81 bits per heavy atom. The van der Waals surface area contributed by atoms with Crippen molar-refractivity contribution in [2.24, 2.45) is 0 Å². The molecule has 2 aromatic rings. The van der Waals surface area contributed by atoms with Crippen molar-refractivity contribution in [3.8, 4) is 0 Å². The van der Waals surface area contributed by atoms with Crippen molar-refractivity contribution < 1.29 is 18.1 Å². The summed E-state index contributed by atoms with van der Waals surface area (Å²) in [5.41, 5.74) is 1.85. The highest BCUT2D eigenvalue weighted by Gasteiger charge is 2.17. The molecule has 0 spiro atoms. The van der Waals surface area contributed by atoms with Gasteiger partial charge in [-0.05, 0) is 43.7 Å². The first kappa shape index (κ1) is 20.2. The predicted molar refractivity (Wildman–Crippen MR) is 105 cm³/mol. The molecule has 9 nitrogen and oxygen atoms in total. The maximum Gasteiger partial charge on any atom is 0.270 e. The monoisotopic (exact) mass is 392 g/mol. The second-order valence-electron chi connectivity index (χ2n) is 5.73. The minimum Gasteiger partial charge on any atom is -0.387 e. The summed E-state index contributed by atoms with van der Waals surface area (Å²) >= 11 is 0. The first-order valence-corrected chi connectivity index (χ1v) is 9.70. The number of rotatable bonds is 7. The number of non-ortho nitro benzene ring substituents is 1. The Morgan fingerprint density at radius 1 is 1.15 bits per heavy atom. The molecule has 2 aromatic carbocycles. The van der Waals surface area contributed by atoms with Crippen LogP contribution in [0.1, 0.15) is 22.8 Å². The fourth-order valence-corrected chi connectivity index (χ4v) is 3.05. The molecule has 0 bridgehead atoms. The van der Waals surface area contributed by atoms with Gasteiger partial charge in [0, 0.05) is 30.6 Å². The van der Waals surface area contributed by atoms with E-state index in [2.05, 4.69) is 15.4 Å². The minimum atomic E-state index is -3.41. The third kappa shape index (κ3) is 4.94. The van der Waals surface area contributed by atoms with E-state index in [1.54, 1.807) is 32.2 Å². The van der Waals surface area contributed by atoms with Crippen LogP contribution in [0.15, 0.2) is 36.4 Å². The average molecular weight is 392 g/mol. The highest BCUT2D eigenvalue weighted by Crippen LogP contribution is 2.25. The molecule has 0 aliphatic carbocycles. The van der Waals surface area contributed by atoms with Crippen LogP contribution in [0.5, 0.6) is 0 Å². The van der Waals surface area contributed by atoms with Crippen molar-refractivity contribution in [3.05, 3.63) is 57.6 Å². The molecule has 0 saturated heterocycles. The smallest absolute Gasteiger partial charge is 0.270 e. The maximum absolute atomic E-state index is 12.6. The molecule has 0 aliphatic heterocycles. The van der Waals surface area contributed by atoms with Gasteiger partial charge in [-0.15, -0.1) is 0 Å². The SMILES string of the molecule is CCS(=O)(=O)Nc1ccc(NC(=O)c2cc([N+](=O)[O-])ccc2NC)cc1C. The van der Waals surface area contributed by atoms with E-state index in [1.807, 2.05) is 0 Å². The van der Waals surface area contributed by atoms with E-state index in [0.717, 1.165) is 0 Å². The van der Waals surface area contributed by atoms with E-state index in [0.29, 0.717) is 22.6 Å². The third-order valence-corrected chi connectivity index (χ3v) is 5.15. The molecule has 0 aliphatic rings. The van der Waals surface area contributed by atoms with Crippen molar-refractivity contribution in [1.29, 1.82) is 0 Å². The van der Waals surface area contributed by atoms with Crippen LogP contribution in [-0.4, -0.2) is 32.0 Å². The quantitative estimate of drug-likeness (QED) is 0.490. The van der Waals surface area contributed by atoms with Gasteiger partial charge in [-0.3, -0.25) is 19.6 Å². The highest BCUT2D eigenvalue weighted by molar-refractivity contribution is 7.92. The van der Waals surface area contributed by atoms with Crippen LogP contribution < -0.4 is 15.4 Å². The molecule has 2 rings (SSSR count). The van der Waals surface area contributed by atoms with E-state index in [9.17, 15) is 23.3 Å². The minimum absolute atomic E-state index is 0.0511. The fourth-order valence-electron chi connectivity index (χ4n) is 2.35. The topological polar surface area (TPSA) is 130 Å². The third-order valence-electron chi connectivity index (χ3n) is 3.86. The summed E-state index contributed by atoms with van der Waals surface area (Å²) in [6.45, 7) is 3.24. The summed E-state index contributed by atoms with van der Waals surface area (Å²) in [4.78, 5) is 22.9. The number of benzene rings is 2. The summed E-state index contributed by atoms with van der Waals surface area (Å²) in [5.74, 6) is -0.575. The van der Waals surface area contributed by atoms with Crippen LogP contribution in [0.2, 0.25) is 0 Å². The van der Waals surface area contributed by atoms with Gasteiger partial charge < -0.3 is 10.6 Å². The van der Waals surface area contributed by atoms with Gasteiger partial charge in [0.1, 0.15) is 0 Å². The Hall–Kier alpha value is -3.14. The van der Waals surface area contributed by atoms with Crippen molar-refractivity contribution >= 4 is 38.7 Å². The number of hydrogen-bond donors (Lipinski definition) is 3. The van der Waals surface area contributed by atoms with Gasteiger partial charge in [-0.2, -0.15) is 0 Å². The molecule has 0 aromatic heterocycles. The van der Waals surface area contributed by atoms with E-state index < -0.39 is 20.9 Å². The predicted octanol–water partition coefficient (Wildman–Crippen LogP) is 2.96. The van der Waals surface area contributed by atoms with Crippen LogP contribution in [0.4, 0.5) is 22.7 Å². The molecule has 0 radical (unpaired) electrons. The van der Waals surface area contributed by atoms with Crippen LogP contribution in [0.3, 0.4) is 0 Å². The normalized spacial score (nSPS) is 10.9. The lowest BCUT2D eigenvalue weighted by atomic mass is 10.1. The molecule has 144 valence electrons. The summed E-state index contributed by atoms with van der Waals surface area (Å²) < 4.78 is 25.8. The number of carbonyl (C=O) groups excluding carboxylic acids is 1. The zero-order valence-corrected chi connectivity index (χ0v) is 15.9. The number of nitrogens with zero attached hydrogens (tertiary/aromatic N) is 1. The number of sulfonamides is 1. The van der Waals surface area contributed by atoms with Gasteiger partial charge in [-0.1, -0.05) is 0 Å². The van der Waals surface area contributed by atoms with Gasteiger partial charge in [0.05, 0.1) is 21.9 Å². The molecule has 0 heterocycles. The number of carbonyl (C=O) groups is 1. The zero-order chi connectivity index (χ0) is 20.2. The Bertz CT molecular complexity index is 989. The van der Waals surface area contributed by atoms with Crippen LogP contribution in [0.25, 0.3) is 0 Å². The van der Waals surface area contributed by atoms with Gasteiger partial charge in [0.25, 0.3) is 11.6 Å². The molecule has 0 fully saturated rings. The lowest BCUT2D eigenvalue weighted by Crippen LogP contribution is -2.16. The van der Waals surface area contributed by atoms with Gasteiger partial charge in [0.15, 0.2) is 0 Å². The molecule has 3 N–H and O–H groups in total.